The van der Waals surface area contributed by atoms with Crippen molar-refractivity contribution < 1.29 is 19.1 Å². The highest BCUT2D eigenvalue weighted by Crippen LogP contribution is 2.19. The molecule has 0 aliphatic carbocycles. The van der Waals surface area contributed by atoms with Gasteiger partial charge >= 0.3 is 0 Å². The molecule has 0 saturated carbocycles. The first kappa shape index (κ1) is 13.6. The van der Waals surface area contributed by atoms with E-state index in [9.17, 15) is 14.4 Å². The average Bonchev–Trinajstić information content (AvgIpc) is 2.43. The lowest BCUT2D eigenvalue weighted by Gasteiger charge is -2.23. The lowest BCUT2D eigenvalue weighted by Crippen LogP contribution is -2.41. The van der Waals surface area contributed by atoms with Crippen LogP contribution in [-0.2, 0) is 4.79 Å². The van der Waals surface area contributed by atoms with E-state index >= 15 is 0 Å². The number of methoxy groups -OCH3 is 1. The second kappa shape index (κ2) is 5.88. The molecular formula is C13H13NO4S. The number of nitrogens with zero attached hydrogens (tertiary/aromatic N) is 1. The maximum absolute atomic E-state index is 12.1. The first-order valence-electron chi connectivity index (χ1n) is 5.76. The maximum Gasteiger partial charge on any atom is 0.288 e. The van der Waals surface area contributed by atoms with Crippen LogP contribution in [0.15, 0.2) is 24.3 Å². The van der Waals surface area contributed by atoms with Crippen LogP contribution in [0.1, 0.15) is 16.8 Å². The molecule has 1 heterocycles. The zero-order valence-electron chi connectivity index (χ0n) is 10.4. The van der Waals surface area contributed by atoms with Gasteiger partial charge in [-0.25, -0.2) is 0 Å². The molecule has 19 heavy (non-hydrogen) atoms. The molecular weight excluding hydrogens is 266 g/mol. The summed E-state index contributed by atoms with van der Waals surface area (Å²) in [6, 6.07) is 6.65. The third kappa shape index (κ3) is 3.14. The number of ketones is 1. The number of thioether (sulfide) groups is 1. The van der Waals surface area contributed by atoms with Gasteiger partial charge in [0.15, 0.2) is 5.78 Å². The van der Waals surface area contributed by atoms with Gasteiger partial charge in [-0.15, -0.1) is 0 Å². The van der Waals surface area contributed by atoms with Gasteiger partial charge in [0.2, 0.25) is 5.91 Å². The number of amides is 2. The van der Waals surface area contributed by atoms with E-state index in [1.54, 1.807) is 24.3 Å². The Morgan fingerprint density at radius 2 is 2.21 bits per heavy atom. The molecule has 1 aliphatic heterocycles. The molecule has 1 aromatic rings. The van der Waals surface area contributed by atoms with Crippen molar-refractivity contribution in [3.8, 4) is 5.75 Å². The Hall–Kier alpha value is -1.82. The van der Waals surface area contributed by atoms with Crippen molar-refractivity contribution in [3.63, 3.8) is 0 Å². The molecule has 1 aliphatic rings. The lowest BCUT2D eigenvalue weighted by molar-refractivity contribution is -0.127. The normalized spacial score (nSPS) is 15.5. The second-order valence-electron chi connectivity index (χ2n) is 4.00. The maximum atomic E-state index is 12.1. The zero-order valence-corrected chi connectivity index (χ0v) is 11.2. The van der Waals surface area contributed by atoms with Gasteiger partial charge < -0.3 is 4.74 Å². The highest BCUT2D eigenvalue weighted by Gasteiger charge is 2.28. The summed E-state index contributed by atoms with van der Waals surface area (Å²) in [6.07, 6.45) is 0.293. The van der Waals surface area contributed by atoms with E-state index in [1.165, 1.54) is 7.11 Å². The number of imide groups is 1. The van der Waals surface area contributed by atoms with Gasteiger partial charge in [0, 0.05) is 17.7 Å². The molecule has 2 rings (SSSR count). The molecule has 6 heteroatoms. The van der Waals surface area contributed by atoms with Gasteiger partial charge in [-0.05, 0) is 12.1 Å². The Bertz CT molecular complexity index is 513. The number of benzene rings is 1. The fourth-order valence-corrected chi connectivity index (χ4v) is 2.50. The van der Waals surface area contributed by atoms with Gasteiger partial charge in [0.1, 0.15) is 5.75 Å². The summed E-state index contributed by atoms with van der Waals surface area (Å²) >= 11 is 1.06. The van der Waals surface area contributed by atoms with E-state index in [0.717, 1.165) is 16.7 Å². The molecule has 5 nitrogen and oxygen atoms in total. The second-order valence-corrected chi connectivity index (χ2v) is 5.05. The Morgan fingerprint density at radius 1 is 1.42 bits per heavy atom. The zero-order chi connectivity index (χ0) is 13.8. The van der Waals surface area contributed by atoms with Crippen molar-refractivity contribution >= 4 is 28.7 Å². The standard InChI is InChI=1S/C13H13NO4S/c1-18-10-4-2-3-9(7-10)11(15)8-14-12(16)5-6-19-13(14)17/h2-4,7H,5-6,8H2,1H3. The Kier molecular flexibility index (Phi) is 4.21. The molecule has 0 spiro atoms. The molecule has 1 saturated heterocycles. The minimum atomic E-state index is -0.354. The van der Waals surface area contributed by atoms with Gasteiger partial charge in [-0.1, -0.05) is 23.9 Å². The number of Topliss-reactive ketones (excluding diaryl/α,β-unsaturated/α-hetero) is 1. The fraction of sp³-hybridized carbons (Fsp3) is 0.308. The van der Waals surface area contributed by atoms with Crippen molar-refractivity contribution in [1.82, 2.24) is 4.90 Å². The van der Waals surface area contributed by atoms with E-state index in [-0.39, 0.29) is 23.5 Å². The van der Waals surface area contributed by atoms with Crippen molar-refractivity contribution in [1.29, 1.82) is 0 Å². The van der Waals surface area contributed by atoms with Gasteiger partial charge in [0.25, 0.3) is 5.24 Å². The number of ether oxygens (including phenoxy) is 1. The van der Waals surface area contributed by atoms with Crippen LogP contribution in [0, 0.1) is 0 Å². The number of rotatable bonds is 4. The van der Waals surface area contributed by atoms with Crippen molar-refractivity contribution in [2.45, 2.75) is 6.42 Å². The minimum Gasteiger partial charge on any atom is -0.497 e. The molecule has 1 aromatic carbocycles. The Morgan fingerprint density at radius 3 is 2.89 bits per heavy atom. The summed E-state index contributed by atoms with van der Waals surface area (Å²) in [5, 5.41) is -0.354. The molecule has 0 atom stereocenters. The van der Waals surface area contributed by atoms with Crippen LogP contribution in [0.3, 0.4) is 0 Å². The molecule has 0 bridgehead atoms. The fourth-order valence-electron chi connectivity index (χ4n) is 1.72. The van der Waals surface area contributed by atoms with Crippen LogP contribution in [-0.4, -0.2) is 41.2 Å². The monoisotopic (exact) mass is 279 g/mol. The largest absolute Gasteiger partial charge is 0.497 e. The molecule has 0 aromatic heterocycles. The topological polar surface area (TPSA) is 63.7 Å². The third-order valence-electron chi connectivity index (χ3n) is 2.76. The van der Waals surface area contributed by atoms with E-state index in [0.29, 0.717) is 23.5 Å². The summed E-state index contributed by atoms with van der Waals surface area (Å²) in [5.41, 5.74) is 0.426. The number of hydrogen-bond donors (Lipinski definition) is 0. The molecule has 2 amide bonds. The third-order valence-corrected chi connectivity index (χ3v) is 3.63. The van der Waals surface area contributed by atoms with Crippen molar-refractivity contribution in [3.05, 3.63) is 29.8 Å². The summed E-state index contributed by atoms with van der Waals surface area (Å²) in [5.74, 6) is 0.487. The highest BCUT2D eigenvalue weighted by atomic mass is 32.2. The highest BCUT2D eigenvalue weighted by molar-refractivity contribution is 8.13. The van der Waals surface area contributed by atoms with E-state index in [1.807, 2.05) is 0 Å². The predicted molar refractivity (Wildman–Crippen MR) is 71.5 cm³/mol. The Balaban J connectivity index is 2.11. The number of carbonyl (C=O) groups excluding carboxylic acids is 3. The SMILES string of the molecule is COc1cccc(C(=O)CN2C(=O)CCSC2=O)c1. The van der Waals surface area contributed by atoms with Gasteiger partial charge in [-0.2, -0.15) is 0 Å². The van der Waals surface area contributed by atoms with Crippen LogP contribution >= 0.6 is 11.8 Å². The summed E-state index contributed by atoms with van der Waals surface area (Å²) in [6.45, 7) is -0.210. The lowest BCUT2D eigenvalue weighted by atomic mass is 10.1. The van der Waals surface area contributed by atoms with E-state index in [4.69, 9.17) is 4.74 Å². The average molecular weight is 279 g/mol. The van der Waals surface area contributed by atoms with Gasteiger partial charge in [-0.3, -0.25) is 19.3 Å². The van der Waals surface area contributed by atoms with Gasteiger partial charge in [0.05, 0.1) is 13.7 Å². The van der Waals surface area contributed by atoms with Crippen LogP contribution in [0.5, 0.6) is 5.75 Å². The molecule has 0 unspecified atom stereocenters. The van der Waals surface area contributed by atoms with E-state index < -0.39 is 0 Å². The van der Waals surface area contributed by atoms with Crippen molar-refractivity contribution in [2.75, 3.05) is 19.4 Å². The first-order chi connectivity index (χ1) is 9.11. The quantitative estimate of drug-likeness (QED) is 0.788. The predicted octanol–water partition coefficient (Wildman–Crippen LogP) is 1.96. The molecule has 0 N–H and O–H groups in total. The number of carbonyl (C=O) groups is 3. The smallest absolute Gasteiger partial charge is 0.288 e. The summed E-state index contributed by atoms with van der Waals surface area (Å²) < 4.78 is 5.03. The molecule has 100 valence electrons. The first-order valence-corrected chi connectivity index (χ1v) is 6.75. The van der Waals surface area contributed by atoms with E-state index in [2.05, 4.69) is 0 Å². The van der Waals surface area contributed by atoms with Crippen LogP contribution < -0.4 is 4.74 Å². The van der Waals surface area contributed by atoms with Crippen LogP contribution in [0.4, 0.5) is 4.79 Å². The van der Waals surface area contributed by atoms with Crippen LogP contribution in [0.2, 0.25) is 0 Å². The van der Waals surface area contributed by atoms with Crippen LogP contribution in [0.25, 0.3) is 0 Å². The summed E-state index contributed by atoms with van der Waals surface area (Å²) in [7, 11) is 1.51. The minimum absolute atomic E-state index is 0.210. The molecule has 0 radical (unpaired) electrons. The number of hydrogen-bond acceptors (Lipinski definition) is 5. The Labute approximate surface area is 114 Å². The van der Waals surface area contributed by atoms with Crippen molar-refractivity contribution in [2.24, 2.45) is 0 Å². The molecule has 1 fully saturated rings. The summed E-state index contributed by atoms with van der Waals surface area (Å²) in [4.78, 5) is 36.3.